The van der Waals surface area contributed by atoms with E-state index in [4.69, 9.17) is 9.57 Å². The molecule has 0 aromatic heterocycles. The lowest BCUT2D eigenvalue weighted by atomic mass is 9.67. The monoisotopic (exact) mass is 261 g/mol. The molecule has 4 nitrogen and oxygen atoms in total. The number of hydrogen-bond donors (Lipinski definition) is 1. The van der Waals surface area contributed by atoms with Crippen molar-refractivity contribution in [3.63, 3.8) is 0 Å². The van der Waals surface area contributed by atoms with Crippen molar-refractivity contribution in [3.05, 3.63) is 29.8 Å². The van der Waals surface area contributed by atoms with Crippen LogP contribution in [0.2, 0.25) is 0 Å². The first-order valence-electron chi connectivity index (χ1n) is 6.73. The molecule has 102 valence electrons. The van der Waals surface area contributed by atoms with E-state index in [1.54, 1.807) is 7.11 Å². The molecule has 1 aliphatic heterocycles. The number of ether oxygens (including phenoxy) is 1. The van der Waals surface area contributed by atoms with Crippen LogP contribution in [0.3, 0.4) is 0 Å². The number of hydrogen-bond acceptors (Lipinski definition) is 4. The average Bonchev–Trinajstić information content (AvgIpc) is 2.78. The van der Waals surface area contributed by atoms with Gasteiger partial charge >= 0.3 is 0 Å². The second kappa shape index (κ2) is 4.53. The summed E-state index contributed by atoms with van der Waals surface area (Å²) in [6.45, 7) is 2.05. The molecule has 1 saturated carbocycles. The predicted octanol–water partition coefficient (Wildman–Crippen LogP) is 2.35. The van der Waals surface area contributed by atoms with E-state index in [0.29, 0.717) is 0 Å². The molecule has 1 N–H and O–H groups in total. The maximum absolute atomic E-state index is 10.4. The Balaban J connectivity index is 1.95. The van der Waals surface area contributed by atoms with E-state index in [2.05, 4.69) is 12.1 Å². The second-order valence-electron chi connectivity index (χ2n) is 5.49. The highest BCUT2D eigenvalue weighted by atomic mass is 16.6. The summed E-state index contributed by atoms with van der Waals surface area (Å²) in [7, 11) is 1.65. The Bertz CT molecular complexity index is 497. The summed E-state index contributed by atoms with van der Waals surface area (Å²) in [4.78, 5) is 5.55. The van der Waals surface area contributed by atoms with Gasteiger partial charge in [0.05, 0.1) is 24.3 Å². The SMILES string of the molecule is COc1ccc(C2=NO[C@H]3CCC[C@@H](O)[C@@]23C)cc1. The molecule has 0 unspecified atom stereocenters. The van der Waals surface area contributed by atoms with Gasteiger partial charge in [-0.25, -0.2) is 0 Å². The number of fused-ring (bicyclic) bond motifs is 1. The van der Waals surface area contributed by atoms with Crippen molar-refractivity contribution in [1.82, 2.24) is 0 Å². The van der Waals surface area contributed by atoms with Crippen LogP contribution in [0.4, 0.5) is 0 Å². The van der Waals surface area contributed by atoms with Gasteiger partial charge in [-0.1, -0.05) is 5.16 Å². The van der Waals surface area contributed by atoms with Gasteiger partial charge in [0.2, 0.25) is 0 Å². The fraction of sp³-hybridized carbons (Fsp3) is 0.533. The van der Waals surface area contributed by atoms with E-state index >= 15 is 0 Å². The van der Waals surface area contributed by atoms with Gasteiger partial charge in [-0.3, -0.25) is 0 Å². The topological polar surface area (TPSA) is 51.0 Å². The van der Waals surface area contributed by atoms with Crippen molar-refractivity contribution in [3.8, 4) is 5.75 Å². The van der Waals surface area contributed by atoms with Gasteiger partial charge in [0.15, 0.2) is 0 Å². The lowest BCUT2D eigenvalue weighted by molar-refractivity contribution is -0.0605. The molecule has 0 radical (unpaired) electrons. The second-order valence-corrected chi connectivity index (χ2v) is 5.49. The van der Waals surface area contributed by atoms with Gasteiger partial charge in [-0.2, -0.15) is 0 Å². The number of benzene rings is 1. The highest BCUT2D eigenvalue weighted by Crippen LogP contribution is 2.45. The van der Waals surface area contributed by atoms with E-state index in [1.165, 1.54) is 0 Å². The van der Waals surface area contributed by atoms with E-state index < -0.39 is 11.5 Å². The molecular formula is C15H19NO3. The number of rotatable bonds is 2. The van der Waals surface area contributed by atoms with Crippen LogP contribution in [-0.4, -0.2) is 30.1 Å². The first-order chi connectivity index (χ1) is 9.16. The van der Waals surface area contributed by atoms with Gasteiger partial charge in [0.1, 0.15) is 11.9 Å². The summed E-state index contributed by atoms with van der Waals surface area (Å²) < 4.78 is 5.16. The Morgan fingerprint density at radius 3 is 2.74 bits per heavy atom. The molecule has 1 aromatic carbocycles. The summed E-state index contributed by atoms with van der Waals surface area (Å²) >= 11 is 0. The van der Waals surface area contributed by atoms with Crippen molar-refractivity contribution >= 4 is 5.71 Å². The number of aliphatic hydroxyl groups excluding tert-OH is 1. The zero-order chi connectivity index (χ0) is 13.5. The molecule has 1 heterocycles. The maximum Gasteiger partial charge on any atom is 0.141 e. The molecule has 1 aromatic rings. The van der Waals surface area contributed by atoms with E-state index in [9.17, 15) is 5.11 Å². The van der Waals surface area contributed by atoms with Crippen molar-refractivity contribution in [2.24, 2.45) is 10.6 Å². The van der Waals surface area contributed by atoms with Crippen LogP contribution in [-0.2, 0) is 4.84 Å². The van der Waals surface area contributed by atoms with Crippen LogP contribution in [0.25, 0.3) is 0 Å². The summed E-state index contributed by atoms with van der Waals surface area (Å²) in [5.74, 6) is 0.814. The summed E-state index contributed by atoms with van der Waals surface area (Å²) in [6, 6.07) is 7.75. The Morgan fingerprint density at radius 1 is 1.32 bits per heavy atom. The number of methoxy groups -OCH3 is 1. The molecule has 3 rings (SSSR count). The average molecular weight is 261 g/mol. The predicted molar refractivity (Wildman–Crippen MR) is 72.4 cm³/mol. The standard InChI is InChI=1S/C15H19NO3/c1-15-12(17)4-3-5-13(15)19-16-14(15)10-6-8-11(18-2)9-7-10/h6-9,12-13,17H,3-5H2,1-2H3/t12-,13+,15-/m1/s1. The lowest BCUT2D eigenvalue weighted by Gasteiger charge is -2.38. The van der Waals surface area contributed by atoms with Gasteiger partial charge < -0.3 is 14.7 Å². The summed E-state index contributed by atoms with van der Waals surface area (Å²) in [6.07, 6.45) is 2.36. The third kappa shape index (κ3) is 1.82. The fourth-order valence-corrected chi connectivity index (χ4v) is 3.11. The van der Waals surface area contributed by atoms with Crippen LogP contribution in [0.1, 0.15) is 31.7 Å². The molecule has 4 heteroatoms. The molecule has 0 spiro atoms. The zero-order valence-electron chi connectivity index (χ0n) is 11.3. The summed E-state index contributed by atoms with van der Waals surface area (Å²) in [5, 5.41) is 14.6. The Kier molecular flexibility index (Phi) is 2.97. The van der Waals surface area contributed by atoms with E-state index in [-0.39, 0.29) is 6.10 Å². The van der Waals surface area contributed by atoms with Crippen LogP contribution >= 0.6 is 0 Å². The lowest BCUT2D eigenvalue weighted by Crippen LogP contribution is -2.49. The van der Waals surface area contributed by atoms with Crippen molar-refractivity contribution in [1.29, 1.82) is 0 Å². The van der Waals surface area contributed by atoms with E-state index in [1.807, 2.05) is 24.3 Å². The molecule has 2 aliphatic rings. The van der Waals surface area contributed by atoms with Crippen LogP contribution in [0, 0.1) is 5.41 Å². The molecule has 0 amide bonds. The Morgan fingerprint density at radius 2 is 2.05 bits per heavy atom. The van der Waals surface area contributed by atoms with Crippen LogP contribution in [0.5, 0.6) is 5.75 Å². The molecule has 1 aliphatic carbocycles. The van der Waals surface area contributed by atoms with Crippen molar-refractivity contribution in [2.45, 2.75) is 38.4 Å². The first-order valence-corrected chi connectivity index (χ1v) is 6.73. The minimum absolute atomic E-state index is 0.00616. The zero-order valence-corrected chi connectivity index (χ0v) is 11.3. The quantitative estimate of drug-likeness (QED) is 0.889. The Hall–Kier alpha value is -1.55. The molecule has 0 bridgehead atoms. The van der Waals surface area contributed by atoms with Gasteiger partial charge in [0, 0.05) is 5.56 Å². The third-order valence-electron chi connectivity index (χ3n) is 4.45. The largest absolute Gasteiger partial charge is 0.497 e. The minimum Gasteiger partial charge on any atom is -0.497 e. The van der Waals surface area contributed by atoms with Gasteiger partial charge in [-0.05, 0) is 50.5 Å². The van der Waals surface area contributed by atoms with Crippen LogP contribution < -0.4 is 4.74 Å². The molecule has 0 saturated heterocycles. The molecule has 1 fully saturated rings. The maximum atomic E-state index is 10.4. The molecule has 3 atom stereocenters. The number of aliphatic hydroxyl groups is 1. The normalized spacial score (nSPS) is 33.3. The fourth-order valence-electron chi connectivity index (χ4n) is 3.11. The van der Waals surface area contributed by atoms with Crippen molar-refractivity contribution < 1.29 is 14.7 Å². The highest BCUT2D eigenvalue weighted by molar-refractivity contribution is 6.06. The molecule has 19 heavy (non-hydrogen) atoms. The Labute approximate surface area is 113 Å². The van der Waals surface area contributed by atoms with Gasteiger partial charge in [-0.15, -0.1) is 0 Å². The molecular weight excluding hydrogens is 242 g/mol. The first kappa shape index (κ1) is 12.5. The van der Waals surface area contributed by atoms with Gasteiger partial charge in [0.25, 0.3) is 0 Å². The number of oxime groups is 1. The number of nitrogens with zero attached hydrogens (tertiary/aromatic N) is 1. The minimum atomic E-state index is -0.396. The third-order valence-corrected chi connectivity index (χ3v) is 4.45. The van der Waals surface area contributed by atoms with E-state index in [0.717, 1.165) is 36.3 Å². The smallest absolute Gasteiger partial charge is 0.141 e. The highest BCUT2D eigenvalue weighted by Gasteiger charge is 2.53. The summed E-state index contributed by atoms with van der Waals surface area (Å²) in [5.41, 5.74) is 1.45. The van der Waals surface area contributed by atoms with Crippen LogP contribution in [0.15, 0.2) is 29.4 Å². The van der Waals surface area contributed by atoms with Crippen molar-refractivity contribution in [2.75, 3.05) is 7.11 Å².